The molecule has 1 saturated heterocycles. The van der Waals surface area contributed by atoms with Crippen molar-refractivity contribution in [3.63, 3.8) is 0 Å². The fourth-order valence-electron chi connectivity index (χ4n) is 4.56. The van der Waals surface area contributed by atoms with Gasteiger partial charge in [-0.2, -0.15) is 4.98 Å². The van der Waals surface area contributed by atoms with E-state index in [4.69, 9.17) is 8.94 Å². The van der Waals surface area contributed by atoms with Crippen LogP contribution in [0.5, 0.6) is 0 Å². The van der Waals surface area contributed by atoms with Gasteiger partial charge in [-0.3, -0.25) is 4.79 Å². The van der Waals surface area contributed by atoms with Crippen LogP contribution < -0.4 is 4.72 Å². The van der Waals surface area contributed by atoms with Crippen molar-refractivity contribution in [3.8, 4) is 0 Å². The Morgan fingerprint density at radius 3 is 2.82 bits per heavy atom. The molecule has 2 aromatic heterocycles. The van der Waals surface area contributed by atoms with Crippen molar-refractivity contribution >= 4 is 15.9 Å². The average molecular weight is 408 g/mol. The molecule has 4 rings (SSSR count). The van der Waals surface area contributed by atoms with E-state index in [2.05, 4.69) is 14.9 Å². The Labute approximate surface area is 163 Å². The summed E-state index contributed by atoms with van der Waals surface area (Å²) in [4.78, 5) is 19.2. The second kappa shape index (κ2) is 6.70. The van der Waals surface area contributed by atoms with Gasteiger partial charge in [-0.15, -0.1) is 0 Å². The molecule has 9 nitrogen and oxygen atoms in total. The number of amides is 1. The Morgan fingerprint density at radius 2 is 2.21 bits per heavy atom. The average Bonchev–Trinajstić information content (AvgIpc) is 3.37. The zero-order valence-corrected chi connectivity index (χ0v) is 17.0. The number of nitrogens with one attached hydrogen (secondary N) is 1. The van der Waals surface area contributed by atoms with E-state index in [0.717, 1.165) is 0 Å². The summed E-state index contributed by atoms with van der Waals surface area (Å²) in [6.45, 7) is 6.04. The monoisotopic (exact) mass is 408 g/mol. The summed E-state index contributed by atoms with van der Waals surface area (Å²) in [6.07, 6.45) is 2.65. The zero-order valence-electron chi connectivity index (χ0n) is 16.1. The first-order valence-electron chi connectivity index (χ1n) is 9.38. The highest BCUT2D eigenvalue weighted by molar-refractivity contribution is 7.89. The minimum absolute atomic E-state index is 0.0329. The molecule has 1 amide bonds. The molecule has 0 bridgehead atoms. The molecular weight excluding hydrogens is 384 g/mol. The van der Waals surface area contributed by atoms with Crippen LogP contribution in [0.3, 0.4) is 0 Å². The van der Waals surface area contributed by atoms with Crippen LogP contribution in [0.25, 0.3) is 0 Å². The van der Waals surface area contributed by atoms with Gasteiger partial charge in [0, 0.05) is 19.1 Å². The standard InChI is InChI=1S/C18H24N4O5S/c1-4-28(24,25)21-14-7-13-9-22(16(23)15-5-6-26-11(15)2)10-18(13,8-14)17-19-12(3)20-27-17/h5-6,13-14,21H,4,7-10H2,1-3H3/t13?,14-,18+/m1/s1. The molecular formula is C18H24N4O5S. The number of carbonyl (C=O) groups excluding carboxylic acids is 1. The summed E-state index contributed by atoms with van der Waals surface area (Å²) in [5.41, 5.74) is -0.00441. The molecule has 2 aromatic rings. The van der Waals surface area contributed by atoms with Gasteiger partial charge in [0.15, 0.2) is 5.82 Å². The first-order valence-corrected chi connectivity index (χ1v) is 11.0. The molecule has 3 heterocycles. The van der Waals surface area contributed by atoms with E-state index in [-0.39, 0.29) is 23.6 Å². The highest BCUT2D eigenvalue weighted by atomic mass is 32.2. The molecule has 1 unspecified atom stereocenters. The van der Waals surface area contributed by atoms with Gasteiger partial charge in [0.1, 0.15) is 5.76 Å². The molecule has 0 aromatic carbocycles. The zero-order chi connectivity index (χ0) is 20.1. The topological polar surface area (TPSA) is 119 Å². The lowest BCUT2D eigenvalue weighted by Gasteiger charge is -2.25. The lowest BCUT2D eigenvalue weighted by atomic mass is 9.80. The molecule has 1 N–H and O–H groups in total. The van der Waals surface area contributed by atoms with Crippen LogP contribution in [0, 0.1) is 19.8 Å². The summed E-state index contributed by atoms with van der Waals surface area (Å²) >= 11 is 0. The number of furan rings is 1. The summed E-state index contributed by atoms with van der Waals surface area (Å²) in [5, 5.41) is 3.92. The number of likely N-dealkylation sites (tertiary alicyclic amines) is 1. The molecule has 10 heteroatoms. The third-order valence-corrected chi connectivity index (χ3v) is 7.38. The van der Waals surface area contributed by atoms with Gasteiger partial charge in [0.2, 0.25) is 15.9 Å². The minimum atomic E-state index is -3.32. The summed E-state index contributed by atoms with van der Waals surface area (Å²) < 4.78 is 37.7. The normalized spacial score (nSPS) is 27.3. The Kier molecular flexibility index (Phi) is 4.58. The van der Waals surface area contributed by atoms with Crippen LogP contribution in [0.15, 0.2) is 21.3 Å². The number of hydrogen-bond acceptors (Lipinski definition) is 7. The molecule has 28 heavy (non-hydrogen) atoms. The van der Waals surface area contributed by atoms with Gasteiger partial charge >= 0.3 is 0 Å². The molecule has 1 aliphatic carbocycles. The van der Waals surface area contributed by atoms with E-state index in [9.17, 15) is 13.2 Å². The largest absolute Gasteiger partial charge is 0.469 e. The fraction of sp³-hybridized carbons (Fsp3) is 0.611. The van der Waals surface area contributed by atoms with Crippen LogP contribution in [-0.4, -0.2) is 54.2 Å². The minimum Gasteiger partial charge on any atom is -0.469 e. The molecule has 3 atom stereocenters. The van der Waals surface area contributed by atoms with Crippen LogP contribution in [0.1, 0.15) is 47.6 Å². The smallest absolute Gasteiger partial charge is 0.257 e. The number of aryl methyl sites for hydroxylation is 2. The SMILES string of the molecule is CCS(=O)(=O)N[C@@H]1CC2CN(C(=O)c3ccoc3C)C[C@@]2(c2nc(C)no2)C1. The number of nitrogens with zero attached hydrogens (tertiary/aromatic N) is 3. The van der Waals surface area contributed by atoms with E-state index in [1.807, 2.05) is 0 Å². The summed E-state index contributed by atoms with van der Waals surface area (Å²) in [5.74, 6) is 1.56. The maximum absolute atomic E-state index is 13.0. The summed E-state index contributed by atoms with van der Waals surface area (Å²) in [7, 11) is -3.32. The van der Waals surface area contributed by atoms with Crippen molar-refractivity contribution in [1.82, 2.24) is 19.8 Å². The second-order valence-electron chi connectivity index (χ2n) is 7.73. The van der Waals surface area contributed by atoms with E-state index < -0.39 is 15.4 Å². The highest BCUT2D eigenvalue weighted by Gasteiger charge is 2.58. The Hall–Kier alpha value is -2.20. The van der Waals surface area contributed by atoms with Crippen LogP contribution in [0.4, 0.5) is 0 Å². The molecule has 0 spiro atoms. The number of hydrogen-bond donors (Lipinski definition) is 1. The second-order valence-corrected chi connectivity index (χ2v) is 9.78. The van der Waals surface area contributed by atoms with Crippen molar-refractivity contribution in [3.05, 3.63) is 35.4 Å². The number of sulfonamides is 1. The lowest BCUT2D eigenvalue weighted by molar-refractivity contribution is 0.0771. The molecule has 2 aliphatic rings. The lowest BCUT2D eigenvalue weighted by Crippen LogP contribution is -2.40. The van der Waals surface area contributed by atoms with E-state index in [1.54, 1.807) is 31.7 Å². The fourth-order valence-corrected chi connectivity index (χ4v) is 5.41. The highest BCUT2D eigenvalue weighted by Crippen LogP contribution is 2.50. The van der Waals surface area contributed by atoms with Gasteiger partial charge in [-0.1, -0.05) is 5.16 Å². The molecule has 1 saturated carbocycles. The predicted octanol–water partition coefficient (Wildman–Crippen LogP) is 1.39. The summed E-state index contributed by atoms with van der Waals surface area (Å²) in [6, 6.07) is 1.46. The van der Waals surface area contributed by atoms with Crippen molar-refractivity contribution in [2.75, 3.05) is 18.8 Å². The maximum atomic E-state index is 13.0. The first-order chi connectivity index (χ1) is 13.2. The quantitative estimate of drug-likeness (QED) is 0.794. The third kappa shape index (κ3) is 3.14. The number of rotatable bonds is 5. The Morgan fingerprint density at radius 1 is 1.43 bits per heavy atom. The molecule has 1 aliphatic heterocycles. The third-order valence-electron chi connectivity index (χ3n) is 5.93. The van der Waals surface area contributed by atoms with E-state index in [0.29, 0.717) is 49.0 Å². The molecule has 0 radical (unpaired) electrons. The predicted molar refractivity (Wildman–Crippen MR) is 99.2 cm³/mol. The first kappa shape index (κ1) is 19.1. The molecule has 2 fully saturated rings. The van der Waals surface area contributed by atoms with Gasteiger partial charge in [0.25, 0.3) is 5.91 Å². The van der Waals surface area contributed by atoms with Crippen LogP contribution >= 0.6 is 0 Å². The van der Waals surface area contributed by atoms with E-state index in [1.165, 1.54) is 6.26 Å². The maximum Gasteiger partial charge on any atom is 0.257 e. The number of fused-ring (bicyclic) bond motifs is 1. The van der Waals surface area contributed by atoms with Gasteiger partial charge in [0.05, 0.1) is 23.0 Å². The van der Waals surface area contributed by atoms with Crippen molar-refractivity contribution in [1.29, 1.82) is 0 Å². The van der Waals surface area contributed by atoms with Crippen LogP contribution in [-0.2, 0) is 15.4 Å². The number of aromatic nitrogens is 2. The van der Waals surface area contributed by atoms with Crippen molar-refractivity contribution in [2.45, 2.75) is 45.1 Å². The van der Waals surface area contributed by atoms with E-state index >= 15 is 0 Å². The van der Waals surface area contributed by atoms with Crippen molar-refractivity contribution < 1.29 is 22.2 Å². The number of carbonyl (C=O) groups is 1. The van der Waals surface area contributed by atoms with Gasteiger partial charge in [-0.25, -0.2) is 13.1 Å². The molecule has 152 valence electrons. The van der Waals surface area contributed by atoms with Gasteiger partial charge in [-0.05, 0) is 45.6 Å². The Balaban J connectivity index is 1.63. The van der Waals surface area contributed by atoms with Crippen LogP contribution in [0.2, 0.25) is 0 Å². The van der Waals surface area contributed by atoms with Crippen molar-refractivity contribution in [2.24, 2.45) is 5.92 Å². The Bertz CT molecular complexity index is 997. The van der Waals surface area contributed by atoms with Gasteiger partial charge < -0.3 is 13.8 Å².